The molecule has 3 rings (SSSR count). The van der Waals surface area contributed by atoms with E-state index in [9.17, 15) is 24.6 Å². The van der Waals surface area contributed by atoms with E-state index in [4.69, 9.17) is 14.6 Å². The minimum atomic E-state index is -1.19. The zero-order chi connectivity index (χ0) is 29.1. The van der Waals surface area contributed by atoms with Crippen LogP contribution in [0.4, 0.5) is 0 Å². The molecule has 3 aliphatic rings. The molecular weight excluding hydrogens is 500 g/mol. The number of Topliss-reactive ketones (excluding diaryl/α,β-unsaturated/α-hetero) is 1. The Morgan fingerprint density at radius 2 is 1.85 bits per heavy atom. The Morgan fingerprint density at radius 1 is 1.18 bits per heavy atom. The molecule has 8 atom stereocenters. The number of aliphatic carboxylic acids is 1. The van der Waals surface area contributed by atoms with Crippen LogP contribution in [0.2, 0.25) is 0 Å². The van der Waals surface area contributed by atoms with Crippen molar-refractivity contribution in [2.24, 2.45) is 23.2 Å². The lowest BCUT2D eigenvalue weighted by Gasteiger charge is -2.56. The molecule has 0 aromatic rings. The number of esters is 1. The smallest absolute Gasteiger partial charge is 0.328 e. The average molecular weight is 541 g/mol. The second-order valence-electron chi connectivity index (χ2n) is 11.3. The van der Waals surface area contributed by atoms with Gasteiger partial charge in [-0.2, -0.15) is 0 Å². The first-order valence-electron chi connectivity index (χ1n) is 13.3. The van der Waals surface area contributed by atoms with E-state index in [0.717, 1.165) is 17.2 Å². The average Bonchev–Trinajstić information content (AvgIpc) is 2.84. The summed E-state index contributed by atoms with van der Waals surface area (Å²) in [7, 11) is 0. The molecule has 0 saturated carbocycles. The summed E-state index contributed by atoms with van der Waals surface area (Å²) >= 11 is 0. The molecule has 3 N–H and O–H groups in total. The number of carboxylic acid groups (broad SMARTS) is 1. The van der Waals surface area contributed by atoms with Crippen molar-refractivity contribution in [3.8, 4) is 0 Å². The minimum Gasteiger partial charge on any atom is -0.478 e. The van der Waals surface area contributed by atoms with Crippen molar-refractivity contribution in [3.63, 3.8) is 0 Å². The van der Waals surface area contributed by atoms with Crippen molar-refractivity contribution < 1.29 is 39.2 Å². The van der Waals surface area contributed by atoms with Gasteiger partial charge in [0.25, 0.3) is 0 Å². The van der Waals surface area contributed by atoms with E-state index in [0.29, 0.717) is 12.0 Å². The lowest BCUT2D eigenvalue weighted by atomic mass is 9.53. The van der Waals surface area contributed by atoms with E-state index in [2.05, 4.69) is 6.08 Å². The van der Waals surface area contributed by atoms with E-state index >= 15 is 0 Å². The van der Waals surface area contributed by atoms with Gasteiger partial charge in [0.1, 0.15) is 11.9 Å². The zero-order valence-corrected chi connectivity index (χ0v) is 23.5. The number of ketones is 1. The van der Waals surface area contributed by atoms with E-state index in [1.165, 1.54) is 6.08 Å². The predicted octanol–water partition coefficient (Wildman–Crippen LogP) is 4.21. The number of carbonyl (C=O) groups is 3. The molecule has 0 aromatic carbocycles. The molecule has 1 heterocycles. The monoisotopic (exact) mass is 540 g/mol. The van der Waals surface area contributed by atoms with Crippen molar-refractivity contribution in [1.29, 1.82) is 0 Å². The van der Waals surface area contributed by atoms with E-state index < -0.39 is 53.3 Å². The van der Waals surface area contributed by atoms with Crippen molar-refractivity contribution in [2.45, 2.75) is 78.5 Å². The van der Waals surface area contributed by atoms with E-state index in [1.54, 1.807) is 45.1 Å². The Bertz CT molecular complexity index is 1170. The van der Waals surface area contributed by atoms with Crippen LogP contribution in [0.15, 0.2) is 71.4 Å². The van der Waals surface area contributed by atoms with E-state index in [-0.39, 0.29) is 18.1 Å². The second kappa shape index (κ2) is 12.0. The number of fused-ring (bicyclic) bond motifs is 3. The molecule has 1 fully saturated rings. The van der Waals surface area contributed by atoms with Gasteiger partial charge in [0.15, 0.2) is 6.29 Å². The maximum absolute atomic E-state index is 13.4. The fourth-order valence-electron chi connectivity index (χ4n) is 5.81. The molecule has 1 unspecified atom stereocenters. The van der Waals surface area contributed by atoms with Crippen LogP contribution in [0.25, 0.3) is 0 Å². The molecule has 1 saturated heterocycles. The summed E-state index contributed by atoms with van der Waals surface area (Å²) in [6.07, 6.45) is 12.6. The van der Waals surface area contributed by atoms with Crippen molar-refractivity contribution in [2.75, 3.05) is 0 Å². The summed E-state index contributed by atoms with van der Waals surface area (Å²) in [5, 5.41) is 29.7. The summed E-state index contributed by atoms with van der Waals surface area (Å²) in [4.78, 5) is 37.2. The molecule has 8 nitrogen and oxygen atoms in total. The van der Waals surface area contributed by atoms with Gasteiger partial charge in [0.2, 0.25) is 0 Å². The number of ether oxygens (including phenoxy) is 2. The highest BCUT2D eigenvalue weighted by atomic mass is 16.6. The summed E-state index contributed by atoms with van der Waals surface area (Å²) in [5.74, 6) is -2.91. The fraction of sp³-hybridized carbons (Fsp3) is 0.516. The number of aliphatic hydroxyl groups is 2. The van der Waals surface area contributed by atoms with Crippen LogP contribution in [0.3, 0.4) is 0 Å². The Hall–Kier alpha value is -3.07. The van der Waals surface area contributed by atoms with Crippen LogP contribution in [0, 0.1) is 23.2 Å². The molecule has 0 bridgehead atoms. The molecular formula is C31H40O8. The number of hydrogen-bond acceptors (Lipinski definition) is 7. The molecule has 0 aromatic heterocycles. The van der Waals surface area contributed by atoms with Crippen molar-refractivity contribution in [3.05, 3.63) is 71.4 Å². The number of aliphatic hydroxyl groups excluding tert-OH is 2. The molecule has 0 radical (unpaired) electrons. The Labute approximate surface area is 230 Å². The van der Waals surface area contributed by atoms with Crippen LogP contribution >= 0.6 is 0 Å². The summed E-state index contributed by atoms with van der Waals surface area (Å²) in [5.41, 5.74) is 0.195. The van der Waals surface area contributed by atoms with Gasteiger partial charge in [-0.15, -0.1) is 0 Å². The first-order chi connectivity index (χ1) is 18.2. The highest BCUT2D eigenvalue weighted by Crippen LogP contribution is 2.56. The van der Waals surface area contributed by atoms with Crippen LogP contribution in [-0.4, -0.2) is 57.1 Å². The first kappa shape index (κ1) is 30.5. The molecule has 0 amide bonds. The number of rotatable bonds is 8. The maximum Gasteiger partial charge on any atom is 0.328 e. The summed E-state index contributed by atoms with van der Waals surface area (Å²) in [6, 6.07) is 0. The Balaban J connectivity index is 1.77. The SMILES string of the molecule is CC(/C=C/C=C(\C)[C@H](O)[C@H](C)C(=O)O[C@H]1C[C@H](C)C=C2C=C[C@@]3(C)O[C@@H](O)CC(=O)[C@]3(C)C21)=C\C=C\C(=O)O. The number of carbonyl (C=O) groups excluding carboxylic acids is 2. The van der Waals surface area contributed by atoms with Crippen LogP contribution in [0.5, 0.6) is 0 Å². The number of carboxylic acids is 1. The molecule has 8 heteroatoms. The number of allylic oxidation sites excluding steroid dienone is 8. The lowest BCUT2D eigenvalue weighted by Crippen LogP contribution is -2.64. The topological polar surface area (TPSA) is 130 Å². The summed E-state index contributed by atoms with van der Waals surface area (Å²) in [6.45, 7) is 10.8. The molecule has 0 spiro atoms. The number of hydrogen-bond donors (Lipinski definition) is 3. The molecule has 39 heavy (non-hydrogen) atoms. The van der Waals surface area contributed by atoms with Crippen molar-refractivity contribution >= 4 is 17.7 Å². The third-order valence-corrected chi connectivity index (χ3v) is 8.27. The maximum atomic E-state index is 13.4. The molecule has 2 aliphatic carbocycles. The zero-order valence-electron chi connectivity index (χ0n) is 23.5. The predicted molar refractivity (Wildman–Crippen MR) is 146 cm³/mol. The van der Waals surface area contributed by atoms with Gasteiger partial charge in [-0.3, -0.25) is 9.59 Å². The van der Waals surface area contributed by atoms with Crippen LogP contribution < -0.4 is 0 Å². The van der Waals surface area contributed by atoms with Gasteiger partial charge in [-0.1, -0.05) is 61.1 Å². The summed E-state index contributed by atoms with van der Waals surface area (Å²) < 4.78 is 11.9. The van der Waals surface area contributed by atoms with Crippen LogP contribution in [0.1, 0.15) is 54.4 Å². The largest absolute Gasteiger partial charge is 0.478 e. The highest BCUT2D eigenvalue weighted by molar-refractivity contribution is 5.89. The standard InChI is InChI=1S/C31H40O8/c1-18(10-8-12-25(33)34)9-7-11-20(3)28(36)21(4)29(37)38-23-16-19(2)15-22-13-14-30(5)31(6,27(22)23)24(32)17-26(35)39-30/h7-15,19,21,23,26-28,35-36H,16-17H2,1-6H3,(H,33,34)/b9-7+,12-8+,18-10+,20-11+/t19-,21+,23+,26-,27?,28+,30-,31-/m1/s1. The lowest BCUT2D eigenvalue weighted by molar-refractivity contribution is -0.242. The highest BCUT2D eigenvalue weighted by Gasteiger charge is 2.63. The molecule has 1 aliphatic heterocycles. The third-order valence-electron chi connectivity index (χ3n) is 8.27. The first-order valence-corrected chi connectivity index (χ1v) is 13.3. The van der Waals surface area contributed by atoms with Gasteiger partial charge >= 0.3 is 11.9 Å². The normalized spacial score (nSPS) is 34.9. The van der Waals surface area contributed by atoms with Crippen molar-refractivity contribution in [1.82, 2.24) is 0 Å². The third kappa shape index (κ3) is 6.40. The van der Waals surface area contributed by atoms with Gasteiger partial charge in [0, 0.05) is 12.0 Å². The Morgan fingerprint density at radius 3 is 2.51 bits per heavy atom. The Kier molecular flexibility index (Phi) is 9.36. The van der Waals surface area contributed by atoms with Crippen LogP contribution in [-0.2, 0) is 23.9 Å². The van der Waals surface area contributed by atoms with Gasteiger partial charge < -0.3 is 24.8 Å². The van der Waals surface area contributed by atoms with Gasteiger partial charge in [-0.05, 0) is 58.1 Å². The quantitative estimate of drug-likeness (QED) is 0.237. The molecule has 212 valence electrons. The minimum absolute atomic E-state index is 0.116. The van der Waals surface area contributed by atoms with Gasteiger partial charge in [0.05, 0.1) is 29.5 Å². The fourth-order valence-corrected chi connectivity index (χ4v) is 5.81. The van der Waals surface area contributed by atoms with Gasteiger partial charge in [-0.25, -0.2) is 4.79 Å². The second-order valence-corrected chi connectivity index (χ2v) is 11.3. The van der Waals surface area contributed by atoms with E-state index in [1.807, 2.05) is 32.9 Å².